The average Bonchev–Trinajstić information content (AvgIpc) is 3.51. The van der Waals surface area contributed by atoms with Crippen LogP contribution in [0.1, 0.15) is 51.8 Å². The van der Waals surface area contributed by atoms with Gasteiger partial charge in [0.05, 0.1) is 12.0 Å². The maximum absolute atomic E-state index is 13.3. The summed E-state index contributed by atoms with van der Waals surface area (Å²) in [4.78, 5) is 28.5. The first-order valence-corrected chi connectivity index (χ1v) is 9.48. The molecule has 1 N–H and O–H groups in total. The molecule has 4 nitrogen and oxygen atoms in total. The van der Waals surface area contributed by atoms with Crippen molar-refractivity contribution >= 4 is 11.8 Å². The molecule has 138 valence electrons. The van der Waals surface area contributed by atoms with E-state index in [4.69, 9.17) is 0 Å². The molecular weight excluding hydrogens is 336 g/mol. The van der Waals surface area contributed by atoms with Crippen molar-refractivity contribution in [1.29, 1.82) is 0 Å². The Hall–Kier alpha value is -2.88. The highest BCUT2D eigenvalue weighted by Crippen LogP contribution is 2.47. The summed E-state index contributed by atoms with van der Waals surface area (Å²) < 4.78 is 0. The van der Waals surface area contributed by atoms with E-state index >= 15 is 0 Å². The predicted octanol–water partition coefficient (Wildman–Crippen LogP) is 3.74. The van der Waals surface area contributed by atoms with Crippen molar-refractivity contribution in [3.63, 3.8) is 0 Å². The van der Waals surface area contributed by atoms with Gasteiger partial charge in [0.2, 0.25) is 5.91 Å². The molecule has 0 unspecified atom stereocenters. The van der Waals surface area contributed by atoms with Gasteiger partial charge < -0.3 is 10.2 Å². The van der Waals surface area contributed by atoms with E-state index in [9.17, 15) is 9.59 Å². The zero-order valence-corrected chi connectivity index (χ0v) is 15.5. The molecule has 1 heterocycles. The minimum absolute atomic E-state index is 0.0346. The number of hydrogen-bond acceptors (Lipinski definition) is 2. The van der Waals surface area contributed by atoms with Gasteiger partial charge in [-0.2, -0.15) is 0 Å². The van der Waals surface area contributed by atoms with E-state index in [1.165, 1.54) is 0 Å². The van der Waals surface area contributed by atoms with Gasteiger partial charge in [-0.25, -0.2) is 0 Å². The van der Waals surface area contributed by atoms with Crippen LogP contribution in [0.2, 0.25) is 0 Å². The molecule has 1 saturated carbocycles. The number of rotatable bonds is 5. The van der Waals surface area contributed by atoms with Crippen molar-refractivity contribution in [3.8, 4) is 0 Å². The topological polar surface area (TPSA) is 49.4 Å². The number of hydrogen-bond donors (Lipinski definition) is 1. The molecule has 1 aliphatic heterocycles. The zero-order valence-electron chi connectivity index (χ0n) is 15.5. The molecular formula is C23H24N2O2. The van der Waals surface area contributed by atoms with E-state index in [-0.39, 0.29) is 23.9 Å². The summed E-state index contributed by atoms with van der Waals surface area (Å²) in [5.41, 5.74) is 3.60. The smallest absolute Gasteiger partial charge is 0.254 e. The van der Waals surface area contributed by atoms with Gasteiger partial charge in [-0.15, -0.1) is 6.58 Å². The number of amides is 2. The van der Waals surface area contributed by atoms with Gasteiger partial charge in [0, 0.05) is 18.2 Å². The second-order valence-electron chi connectivity index (χ2n) is 7.40. The second-order valence-corrected chi connectivity index (χ2v) is 7.40. The molecule has 2 amide bonds. The Bertz CT molecular complexity index is 901. The molecule has 2 aromatic carbocycles. The molecule has 0 saturated heterocycles. The normalized spacial score (nSPS) is 21.5. The number of nitrogens with zero attached hydrogens (tertiary/aromatic N) is 1. The SMILES string of the molecule is C=CCNC(=O)[C@@H]1c2ccccc2C(=O)N(C2CC2)[C@H]1c1cccc(C)c1. The fraction of sp³-hybridized carbons (Fsp3) is 0.304. The fourth-order valence-electron chi connectivity index (χ4n) is 4.08. The van der Waals surface area contributed by atoms with Gasteiger partial charge in [0.1, 0.15) is 0 Å². The van der Waals surface area contributed by atoms with Crippen LogP contribution in [0.15, 0.2) is 61.2 Å². The molecule has 2 aliphatic rings. The van der Waals surface area contributed by atoms with Crippen LogP contribution in [0, 0.1) is 6.92 Å². The lowest BCUT2D eigenvalue weighted by Gasteiger charge is -2.42. The maximum atomic E-state index is 13.3. The van der Waals surface area contributed by atoms with Gasteiger partial charge in [0.25, 0.3) is 5.91 Å². The molecule has 27 heavy (non-hydrogen) atoms. The van der Waals surface area contributed by atoms with E-state index in [0.717, 1.165) is 29.5 Å². The third-order valence-electron chi connectivity index (χ3n) is 5.40. The van der Waals surface area contributed by atoms with Crippen molar-refractivity contribution in [2.24, 2.45) is 0 Å². The summed E-state index contributed by atoms with van der Waals surface area (Å²) in [6.07, 6.45) is 3.67. The molecule has 0 bridgehead atoms. The molecule has 0 aromatic heterocycles. The molecule has 2 aromatic rings. The lowest BCUT2D eigenvalue weighted by molar-refractivity contribution is -0.124. The summed E-state index contributed by atoms with van der Waals surface area (Å²) in [6, 6.07) is 15.6. The fourth-order valence-corrected chi connectivity index (χ4v) is 4.08. The Kier molecular flexibility index (Phi) is 4.56. The van der Waals surface area contributed by atoms with E-state index in [1.54, 1.807) is 6.08 Å². The number of carbonyl (C=O) groups is 2. The standard InChI is InChI=1S/C23H24N2O2/c1-3-13-24-22(26)20-18-9-4-5-10-19(18)23(27)25(17-11-12-17)21(20)16-8-6-7-15(2)14-16/h3-10,14,17,20-21H,1,11-13H2,2H3,(H,24,26)/t20-,21+/m1/s1. The Morgan fingerprint density at radius 1 is 1.22 bits per heavy atom. The largest absolute Gasteiger partial charge is 0.352 e. The summed E-state index contributed by atoms with van der Waals surface area (Å²) >= 11 is 0. The van der Waals surface area contributed by atoms with Crippen molar-refractivity contribution in [3.05, 3.63) is 83.4 Å². The quantitative estimate of drug-likeness (QED) is 0.826. The Morgan fingerprint density at radius 2 is 2.00 bits per heavy atom. The van der Waals surface area contributed by atoms with Gasteiger partial charge in [0.15, 0.2) is 0 Å². The summed E-state index contributed by atoms with van der Waals surface area (Å²) in [5.74, 6) is -0.458. The van der Waals surface area contributed by atoms with Gasteiger partial charge >= 0.3 is 0 Å². The van der Waals surface area contributed by atoms with Crippen molar-refractivity contribution in [2.75, 3.05) is 6.54 Å². The van der Waals surface area contributed by atoms with Crippen LogP contribution < -0.4 is 5.32 Å². The third kappa shape index (κ3) is 3.16. The number of aryl methyl sites for hydroxylation is 1. The van der Waals surface area contributed by atoms with Gasteiger partial charge in [-0.1, -0.05) is 54.1 Å². The number of fused-ring (bicyclic) bond motifs is 1. The first-order chi connectivity index (χ1) is 13.1. The monoisotopic (exact) mass is 360 g/mol. The van der Waals surface area contributed by atoms with E-state index < -0.39 is 5.92 Å². The van der Waals surface area contributed by atoms with E-state index in [2.05, 4.69) is 18.0 Å². The van der Waals surface area contributed by atoms with Gasteiger partial charge in [-0.3, -0.25) is 9.59 Å². The van der Waals surface area contributed by atoms with Crippen LogP contribution >= 0.6 is 0 Å². The van der Waals surface area contributed by atoms with Crippen molar-refractivity contribution in [2.45, 2.75) is 37.8 Å². The molecule has 0 spiro atoms. The molecule has 4 rings (SSSR count). The number of nitrogens with one attached hydrogen (secondary N) is 1. The van der Waals surface area contributed by atoms with Crippen LogP contribution in [-0.4, -0.2) is 29.3 Å². The minimum atomic E-state index is -0.429. The van der Waals surface area contributed by atoms with E-state index in [1.807, 2.05) is 54.3 Å². The van der Waals surface area contributed by atoms with Crippen molar-refractivity contribution < 1.29 is 9.59 Å². The van der Waals surface area contributed by atoms with Crippen LogP contribution in [0.4, 0.5) is 0 Å². The summed E-state index contributed by atoms with van der Waals surface area (Å²) in [5, 5.41) is 2.96. The molecule has 1 aliphatic carbocycles. The lowest BCUT2D eigenvalue weighted by atomic mass is 9.78. The first-order valence-electron chi connectivity index (χ1n) is 9.48. The Morgan fingerprint density at radius 3 is 2.70 bits per heavy atom. The third-order valence-corrected chi connectivity index (χ3v) is 5.40. The van der Waals surface area contributed by atoms with Crippen LogP contribution in [0.25, 0.3) is 0 Å². The zero-order chi connectivity index (χ0) is 19.0. The van der Waals surface area contributed by atoms with Crippen LogP contribution in [-0.2, 0) is 4.79 Å². The van der Waals surface area contributed by atoms with Crippen LogP contribution in [0.5, 0.6) is 0 Å². The average molecular weight is 360 g/mol. The molecule has 2 atom stereocenters. The minimum Gasteiger partial charge on any atom is -0.352 e. The maximum Gasteiger partial charge on any atom is 0.254 e. The highest BCUT2D eigenvalue weighted by molar-refractivity contribution is 6.01. The first kappa shape index (κ1) is 17.5. The predicted molar refractivity (Wildman–Crippen MR) is 106 cm³/mol. The number of benzene rings is 2. The Balaban J connectivity index is 1.88. The summed E-state index contributed by atoms with van der Waals surface area (Å²) in [6.45, 7) is 6.15. The lowest BCUT2D eigenvalue weighted by Crippen LogP contribution is -2.48. The number of carbonyl (C=O) groups excluding carboxylic acids is 2. The second kappa shape index (κ2) is 7.03. The molecule has 4 heteroatoms. The Labute approximate surface area is 159 Å². The highest BCUT2D eigenvalue weighted by atomic mass is 16.2. The highest BCUT2D eigenvalue weighted by Gasteiger charge is 2.48. The summed E-state index contributed by atoms with van der Waals surface area (Å²) in [7, 11) is 0. The van der Waals surface area contributed by atoms with Crippen molar-refractivity contribution in [1.82, 2.24) is 10.2 Å². The van der Waals surface area contributed by atoms with Crippen LogP contribution in [0.3, 0.4) is 0 Å². The molecule has 1 fully saturated rings. The van der Waals surface area contributed by atoms with E-state index in [0.29, 0.717) is 12.1 Å². The van der Waals surface area contributed by atoms with Gasteiger partial charge in [-0.05, 0) is 37.0 Å². The molecule has 0 radical (unpaired) electrons.